The molecular weight excluding hydrogens is 804 g/mol. The number of unbranched alkanes of at least 4 members (excludes halogenated alkanes) is 9. The highest BCUT2D eigenvalue weighted by Gasteiger charge is 2.29. The SMILES string of the molecule is CCCCCCCCCCCCOC(=O)C(C)OC(=O)c1ccc(Cl)c(NC(=O)C(C)C(=O)c2ccccc2N(C)C(=O)Sc2nnnn2CCC(=O)OCCOC)c1. The van der Waals surface area contributed by atoms with Crippen LogP contribution in [-0.2, 0) is 39.9 Å². The van der Waals surface area contributed by atoms with Gasteiger partial charge in [0.25, 0.3) is 5.24 Å². The number of aryl methyl sites for hydroxylation is 1. The maximum absolute atomic E-state index is 13.7. The number of halogens is 1. The third-order valence-electron chi connectivity index (χ3n) is 9.17. The summed E-state index contributed by atoms with van der Waals surface area (Å²) in [6.45, 7) is 5.68. The average Bonchev–Trinajstić information content (AvgIpc) is 3.68. The molecule has 0 saturated heterocycles. The number of thioether (sulfide) groups is 1. The van der Waals surface area contributed by atoms with Gasteiger partial charge in [0.05, 0.1) is 54.1 Å². The first-order chi connectivity index (χ1) is 28.4. The molecule has 0 saturated carbocycles. The number of para-hydroxylation sites is 1. The van der Waals surface area contributed by atoms with Crippen LogP contribution in [0.1, 0.15) is 112 Å². The fourth-order valence-electron chi connectivity index (χ4n) is 5.64. The smallest absolute Gasteiger partial charge is 0.347 e. The first-order valence-corrected chi connectivity index (χ1v) is 21.0. The number of anilines is 2. The van der Waals surface area contributed by atoms with Crippen molar-refractivity contribution in [2.75, 3.05) is 44.2 Å². The van der Waals surface area contributed by atoms with E-state index in [9.17, 15) is 28.8 Å². The molecule has 0 aliphatic carbocycles. The Balaban J connectivity index is 1.53. The minimum atomic E-state index is -1.26. The van der Waals surface area contributed by atoms with Crippen molar-refractivity contribution >= 4 is 69.6 Å². The number of nitrogens with one attached hydrogen (secondary N) is 1. The van der Waals surface area contributed by atoms with E-state index in [-0.39, 0.29) is 65.5 Å². The van der Waals surface area contributed by atoms with Crippen LogP contribution >= 0.6 is 23.4 Å². The second-order valence-electron chi connectivity index (χ2n) is 13.8. The molecule has 59 heavy (non-hydrogen) atoms. The monoisotopic (exact) mass is 858 g/mol. The van der Waals surface area contributed by atoms with Crippen molar-refractivity contribution in [3.05, 3.63) is 58.6 Å². The number of amides is 2. The number of methoxy groups -OCH3 is 1. The van der Waals surface area contributed by atoms with E-state index in [1.165, 1.54) is 100 Å². The molecule has 1 N–H and O–H groups in total. The fraction of sp³-hybridized carbons (Fsp3) is 0.537. The zero-order chi connectivity index (χ0) is 43.2. The number of aromatic nitrogens is 4. The summed E-state index contributed by atoms with van der Waals surface area (Å²) in [6.07, 6.45) is 10.3. The van der Waals surface area contributed by atoms with Gasteiger partial charge in [-0.25, -0.2) is 14.3 Å². The maximum atomic E-state index is 13.7. The van der Waals surface area contributed by atoms with E-state index >= 15 is 0 Å². The molecule has 3 rings (SSSR count). The molecule has 3 aromatic rings. The number of ketones is 1. The van der Waals surface area contributed by atoms with Gasteiger partial charge in [0.2, 0.25) is 11.1 Å². The van der Waals surface area contributed by atoms with Crippen molar-refractivity contribution in [2.45, 2.75) is 109 Å². The lowest BCUT2D eigenvalue weighted by molar-refractivity contribution is -0.153. The van der Waals surface area contributed by atoms with Gasteiger partial charge in [-0.3, -0.25) is 19.2 Å². The number of tetrazole rings is 1. The zero-order valence-corrected chi connectivity index (χ0v) is 36.0. The van der Waals surface area contributed by atoms with E-state index in [4.69, 9.17) is 30.5 Å². The van der Waals surface area contributed by atoms with Gasteiger partial charge in [-0.05, 0) is 61.0 Å². The zero-order valence-electron chi connectivity index (χ0n) is 34.4. The second-order valence-corrected chi connectivity index (χ2v) is 15.1. The highest BCUT2D eigenvalue weighted by Crippen LogP contribution is 2.29. The Morgan fingerprint density at radius 3 is 2.25 bits per heavy atom. The van der Waals surface area contributed by atoms with Gasteiger partial charge in [-0.2, -0.15) is 0 Å². The molecule has 322 valence electrons. The Kier molecular flexibility index (Phi) is 21.6. The van der Waals surface area contributed by atoms with Crippen molar-refractivity contribution < 1.29 is 47.7 Å². The molecule has 18 heteroatoms. The van der Waals surface area contributed by atoms with Crippen LogP contribution < -0.4 is 10.2 Å². The van der Waals surface area contributed by atoms with E-state index in [0.717, 1.165) is 25.7 Å². The average molecular weight is 859 g/mol. The van der Waals surface area contributed by atoms with Crippen molar-refractivity contribution in [2.24, 2.45) is 5.92 Å². The molecule has 0 aliphatic heterocycles. The number of benzene rings is 2. The van der Waals surface area contributed by atoms with Crippen molar-refractivity contribution in [3.63, 3.8) is 0 Å². The van der Waals surface area contributed by atoms with Crippen LogP contribution in [0.2, 0.25) is 5.02 Å². The number of carbonyl (C=O) groups is 6. The molecule has 0 aliphatic rings. The number of hydrogen-bond donors (Lipinski definition) is 1. The normalized spacial score (nSPS) is 12.0. The molecular formula is C41H55ClN6O10S. The fourth-order valence-corrected chi connectivity index (χ4v) is 6.50. The molecule has 1 heterocycles. The third kappa shape index (κ3) is 16.4. The summed E-state index contributed by atoms with van der Waals surface area (Å²) < 4.78 is 21.8. The summed E-state index contributed by atoms with van der Waals surface area (Å²) in [6, 6.07) is 10.3. The minimum Gasteiger partial charge on any atom is -0.463 e. The summed E-state index contributed by atoms with van der Waals surface area (Å²) in [5.74, 6) is -4.58. The molecule has 16 nitrogen and oxygen atoms in total. The number of Topliss-reactive ketones (excluding diaryl/α,β-unsaturated/α-hetero) is 1. The van der Waals surface area contributed by atoms with E-state index in [0.29, 0.717) is 11.8 Å². The summed E-state index contributed by atoms with van der Waals surface area (Å²) in [4.78, 5) is 79.2. The van der Waals surface area contributed by atoms with Gasteiger partial charge in [0.15, 0.2) is 11.9 Å². The lowest BCUT2D eigenvalue weighted by Gasteiger charge is -2.21. The number of esters is 3. The van der Waals surface area contributed by atoms with Gasteiger partial charge < -0.3 is 29.2 Å². The highest BCUT2D eigenvalue weighted by molar-refractivity contribution is 8.13. The third-order valence-corrected chi connectivity index (χ3v) is 10.4. The molecule has 0 spiro atoms. The summed E-state index contributed by atoms with van der Waals surface area (Å²) >= 11 is 7.04. The van der Waals surface area contributed by atoms with Gasteiger partial charge in [0.1, 0.15) is 6.61 Å². The van der Waals surface area contributed by atoms with E-state index in [1.807, 2.05) is 0 Å². The number of hydrogen-bond acceptors (Lipinski definition) is 14. The topological polar surface area (TPSA) is 198 Å². The first kappa shape index (κ1) is 48.5. The van der Waals surface area contributed by atoms with Gasteiger partial charge in [0, 0.05) is 31.5 Å². The van der Waals surface area contributed by atoms with Crippen LogP contribution in [0.15, 0.2) is 47.6 Å². The van der Waals surface area contributed by atoms with Gasteiger partial charge in [-0.1, -0.05) is 88.4 Å². The quantitative estimate of drug-likeness (QED) is 0.0206. The van der Waals surface area contributed by atoms with Gasteiger partial charge in [-0.15, -0.1) is 5.10 Å². The summed E-state index contributed by atoms with van der Waals surface area (Å²) in [5, 5.41) is 13.6. The number of nitrogens with zero attached hydrogens (tertiary/aromatic N) is 5. The molecule has 1 aromatic heterocycles. The molecule has 2 amide bonds. The van der Waals surface area contributed by atoms with E-state index < -0.39 is 46.9 Å². The van der Waals surface area contributed by atoms with Crippen LogP contribution in [0, 0.1) is 5.92 Å². The van der Waals surface area contributed by atoms with Crippen molar-refractivity contribution in [1.29, 1.82) is 0 Å². The number of carbonyl (C=O) groups excluding carboxylic acids is 6. The van der Waals surface area contributed by atoms with Crippen molar-refractivity contribution in [1.82, 2.24) is 20.2 Å². The highest BCUT2D eigenvalue weighted by atomic mass is 35.5. The Hall–Kier alpha value is -4.87. The lowest BCUT2D eigenvalue weighted by Crippen LogP contribution is -2.30. The summed E-state index contributed by atoms with van der Waals surface area (Å²) in [7, 11) is 2.94. The maximum Gasteiger partial charge on any atom is 0.347 e. The van der Waals surface area contributed by atoms with E-state index in [2.05, 4.69) is 27.8 Å². The van der Waals surface area contributed by atoms with Crippen LogP contribution in [-0.4, -0.2) is 95.1 Å². The standard InChI is InChI=1S/C41H55ClN6O10S/c1-6-7-8-9-10-11-12-13-14-17-24-57-38(52)29(3)58-39(53)30-20-21-32(42)33(27-30)43-37(51)28(2)36(50)31-18-15-16-19-34(31)47(4)41(54)59-40-44-45-46-48(40)23-22-35(49)56-26-25-55-5/h15-16,18-21,27-29H,6-14,17,22-26H2,1-5H3,(H,43,51). The van der Waals surface area contributed by atoms with Crippen LogP contribution in [0.4, 0.5) is 16.2 Å². The molecule has 2 aromatic carbocycles. The Morgan fingerprint density at radius 2 is 1.56 bits per heavy atom. The second kappa shape index (κ2) is 26.3. The van der Waals surface area contributed by atoms with E-state index in [1.54, 1.807) is 18.2 Å². The van der Waals surface area contributed by atoms with Crippen LogP contribution in [0.25, 0.3) is 0 Å². The molecule has 0 bridgehead atoms. The number of rotatable bonds is 26. The lowest BCUT2D eigenvalue weighted by atomic mass is 9.96. The Labute approximate surface area is 354 Å². The Bertz CT molecular complexity index is 1860. The molecule has 2 unspecified atom stereocenters. The first-order valence-electron chi connectivity index (χ1n) is 19.8. The summed E-state index contributed by atoms with van der Waals surface area (Å²) in [5.41, 5.74) is 0.353. The largest absolute Gasteiger partial charge is 0.463 e. The number of ether oxygens (including phenoxy) is 4. The van der Waals surface area contributed by atoms with Crippen LogP contribution in [0.5, 0.6) is 0 Å². The van der Waals surface area contributed by atoms with Gasteiger partial charge >= 0.3 is 17.9 Å². The molecule has 0 fully saturated rings. The predicted molar refractivity (Wildman–Crippen MR) is 223 cm³/mol. The predicted octanol–water partition coefficient (Wildman–Crippen LogP) is 7.72. The Morgan fingerprint density at radius 1 is 0.881 bits per heavy atom. The molecule has 0 radical (unpaired) electrons. The molecule has 2 atom stereocenters. The van der Waals surface area contributed by atoms with Crippen LogP contribution in [0.3, 0.4) is 0 Å². The minimum absolute atomic E-state index is 0.00838. The van der Waals surface area contributed by atoms with Crippen molar-refractivity contribution in [3.8, 4) is 0 Å².